The Morgan fingerprint density at radius 2 is 1.66 bits per heavy atom. The summed E-state index contributed by atoms with van der Waals surface area (Å²) in [5.74, 6) is 5.30. The van der Waals surface area contributed by atoms with Crippen LogP contribution in [0.4, 0.5) is 5.82 Å². The highest BCUT2D eigenvalue weighted by Crippen LogP contribution is 2.34. The number of nitrogens with zero attached hydrogens (tertiary/aromatic N) is 7. The first-order valence-electron chi connectivity index (χ1n) is 25.5. The number of nitrogens with two attached hydrogens (primary N) is 1. The predicted molar refractivity (Wildman–Crippen MR) is 283 cm³/mol. The summed E-state index contributed by atoms with van der Waals surface area (Å²) < 4.78 is 29.5. The number of anilines is 1. The SMILES string of the molecule is CCn1c(-c2nonc2N)nc2c(C#CC(C)(C)O)ncc(OCCCNCCCC(=O)NCCOCCOCCOCC(=O)NC(C(=O)N3C[C@H](O)C[C@H]3C(=O)NCc3ccc(-c4scnc4C)cc3)C(C)(C)C)c21. The van der Waals surface area contributed by atoms with E-state index in [1.807, 2.05) is 63.5 Å². The van der Waals surface area contributed by atoms with Crippen LogP contribution in [0.1, 0.15) is 84.2 Å². The number of hydrogen-bond acceptors (Lipinski definition) is 19. The van der Waals surface area contributed by atoms with Gasteiger partial charge in [-0.1, -0.05) is 51.0 Å². The lowest BCUT2D eigenvalue weighted by Gasteiger charge is -2.35. The molecule has 23 nitrogen and oxygen atoms in total. The van der Waals surface area contributed by atoms with Crippen molar-refractivity contribution in [3.8, 4) is 39.5 Å². The lowest BCUT2D eigenvalue weighted by Crippen LogP contribution is -2.58. The Morgan fingerprint density at radius 3 is 2.33 bits per heavy atom. The number of ether oxygens (including phenoxy) is 4. The minimum atomic E-state index is -1.24. The number of aryl methyl sites for hydroxylation is 2. The van der Waals surface area contributed by atoms with Crippen LogP contribution in [-0.2, 0) is 46.5 Å². The largest absolute Gasteiger partial charge is 0.490 e. The monoisotopic (exact) mass is 1070 g/mol. The van der Waals surface area contributed by atoms with Gasteiger partial charge in [0.05, 0.1) is 68.0 Å². The molecule has 1 aromatic carbocycles. The quantitative estimate of drug-likeness (QED) is 0.0280. The normalized spacial score (nSPS) is 15.1. The summed E-state index contributed by atoms with van der Waals surface area (Å²) >= 11 is 1.56. The second-order valence-electron chi connectivity index (χ2n) is 19.8. The maximum atomic E-state index is 13.9. The molecule has 1 aliphatic heterocycles. The summed E-state index contributed by atoms with van der Waals surface area (Å²) in [4.78, 5) is 68.7. The summed E-state index contributed by atoms with van der Waals surface area (Å²) in [6.07, 6.45) is 2.46. The minimum Gasteiger partial charge on any atom is -0.490 e. The maximum absolute atomic E-state index is 13.9. The van der Waals surface area contributed by atoms with Crippen LogP contribution < -0.4 is 31.7 Å². The third kappa shape index (κ3) is 17.0. The predicted octanol–water partition coefficient (Wildman–Crippen LogP) is 2.75. The van der Waals surface area contributed by atoms with E-state index in [2.05, 4.69) is 53.4 Å². The van der Waals surface area contributed by atoms with Gasteiger partial charge in [-0.05, 0) is 86.4 Å². The third-order valence-electron chi connectivity index (χ3n) is 12.0. The third-order valence-corrected chi connectivity index (χ3v) is 13.0. The number of hydrogen-bond donors (Lipinski definition) is 7. The highest BCUT2D eigenvalue weighted by molar-refractivity contribution is 7.13. The summed E-state index contributed by atoms with van der Waals surface area (Å²) in [5.41, 5.74) is 10.5. The highest BCUT2D eigenvalue weighted by Gasteiger charge is 2.44. The molecule has 24 heteroatoms. The lowest BCUT2D eigenvalue weighted by molar-refractivity contribution is -0.144. The summed E-state index contributed by atoms with van der Waals surface area (Å²) in [6, 6.07) is 5.95. The number of imidazole rings is 1. The zero-order valence-corrected chi connectivity index (χ0v) is 45.2. The number of aliphatic hydroxyl groups excluding tert-OH is 1. The van der Waals surface area contributed by atoms with Crippen LogP contribution in [0.3, 0.4) is 0 Å². The van der Waals surface area contributed by atoms with Crippen molar-refractivity contribution >= 4 is 51.8 Å². The zero-order valence-electron chi connectivity index (χ0n) is 44.4. The van der Waals surface area contributed by atoms with Gasteiger partial charge in [0.1, 0.15) is 41.0 Å². The van der Waals surface area contributed by atoms with Crippen molar-refractivity contribution < 1.29 is 53.0 Å². The van der Waals surface area contributed by atoms with Gasteiger partial charge in [-0.25, -0.2) is 19.6 Å². The Kier molecular flexibility index (Phi) is 21.6. The van der Waals surface area contributed by atoms with Gasteiger partial charge < -0.3 is 65.6 Å². The Labute approximate surface area is 446 Å². The molecule has 8 N–H and O–H groups in total. The number of nitrogens with one attached hydrogen (secondary N) is 4. The molecule has 412 valence electrons. The van der Waals surface area contributed by atoms with Gasteiger partial charge in [0.15, 0.2) is 23.1 Å². The molecule has 0 aliphatic carbocycles. The molecule has 76 heavy (non-hydrogen) atoms. The summed E-state index contributed by atoms with van der Waals surface area (Å²) in [6.45, 7) is 16.2. The van der Waals surface area contributed by atoms with E-state index in [4.69, 9.17) is 34.3 Å². The Balaban J connectivity index is 0.790. The van der Waals surface area contributed by atoms with Crippen LogP contribution >= 0.6 is 11.3 Å². The van der Waals surface area contributed by atoms with Gasteiger partial charge in [-0.2, -0.15) is 0 Å². The number of carbonyl (C=O) groups excluding carboxylic acids is 4. The number of pyridine rings is 1. The molecule has 5 heterocycles. The van der Waals surface area contributed by atoms with Gasteiger partial charge in [0, 0.05) is 39.0 Å². The van der Waals surface area contributed by atoms with Gasteiger partial charge in [-0.15, -0.1) is 11.3 Å². The number of aromatic nitrogens is 6. The molecule has 0 radical (unpaired) electrons. The van der Waals surface area contributed by atoms with E-state index in [0.29, 0.717) is 93.6 Å². The van der Waals surface area contributed by atoms with Gasteiger partial charge in [-0.3, -0.25) is 19.2 Å². The fourth-order valence-corrected chi connectivity index (χ4v) is 8.99. The number of nitrogen functional groups attached to an aromatic ring is 1. The topological polar surface area (TPSA) is 306 Å². The minimum absolute atomic E-state index is 0.0306. The Morgan fingerprint density at radius 1 is 0.934 bits per heavy atom. The molecule has 5 aromatic rings. The van der Waals surface area contributed by atoms with Crippen LogP contribution in [0.5, 0.6) is 5.75 Å². The molecular weight excluding hydrogens is 1000 g/mol. The summed E-state index contributed by atoms with van der Waals surface area (Å²) in [5, 5.41) is 40.2. The number of carbonyl (C=O) groups is 4. The second-order valence-corrected chi connectivity index (χ2v) is 20.6. The van der Waals surface area contributed by atoms with E-state index < -0.39 is 41.0 Å². The number of amides is 4. The van der Waals surface area contributed by atoms with Crippen molar-refractivity contribution in [1.82, 2.24) is 56.0 Å². The number of likely N-dealkylation sites (tertiary alicyclic amines) is 1. The molecule has 1 saturated heterocycles. The van der Waals surface area contributed by atoms with Crippen molar-refractivity contribution in [2.75, 3.05) is 78.2 Å². The molecule has 0 saturated carbocycles. The zero-order chi connectivity index (χ0) is 54.8. The van der Waals surface area contributed by atoms with Crippen LogP contribution in [0.25, 0.3) is 33.0 Å². The van der Waals surface area contributed by atoms with E-state index in [1.165, 1.54) is 4.90 Å². The number of fused-ring (bicyclic) bond motifs is 1. The number of aliphatic hydroxyl groups is 2. The number of thiazole rings is 1. The second kappa shape index (κ2) is 28.0. The Hall–Kier alpha value is -6.59. The van der Waals surface area contributed by atoms with Gasteiger partial charge >= 0.3 is 0 Å². The van der Waals surface area contributed by atoms with Crippen molar-refractivity contribution in [2.45, 2.75) is 111 Å². The smallest absolute Gasteiger partial charge is 0.246 e. The molecule has 4 aromatic heterocycles. The molecule has 1 aliphatic rings. The van der Waals surface area contributed by atoms with Crippen LogP contribution in [-0.4, -0.2) is 165 Å². The van der Waals surface area contributed by atoms with Gasteiger partial charge in [0.2, 0.25) is 23.6 Å². The molecule has 0 spiro atoms. The molecule has 1 fully saturated rings. The fourth-order valence-electron chi connectivity index (χ4n) is 8.18. The molecule has 3 atom stereocenters. The van der Waals surface area contributed by atoms with E-state index >= 15 is 0 Å². The van der Waals surface area contributed by atoms with E-state index in [1.54, 1.807) is 36.9 Å². The van der Waals surface area contributed by atoms with Crippen molar-refractivity contribution in [3.63, 3.8) is 0 Å². The van der Waals surface area contributed by atoms with E-state index in [0.717, 1.165) is 21.7 Å². The summed E-state index contributed by atoms with van der Waals surface area (Å²) in [7, 11) is 0. The number of rotatable bonds is 28. The average molecular weight is 1070 g/mol. The first kappa shape index (κ1) is 58.7. The number of benzene rings is 1. The van der Waals surface area contributed by atoms with Gasteiger partial charge in [0.25, 0.3) is 0 Å². The molecular formula is C52H72N12O11S. The average Bonchev–Trinajstić information content (AvgIpc) is 4.20. The molecule has 4 amide bonds. The van der Waals surface area contributed by atoms with Crippen molar-refractivity contribution in [3.05, 3.63) is 52.9 Å². The fraction of sp³-hybridized carbons (Fsp3) is 0.558. The van der Waals surface area contributed by atoms with Crippen LogP contribution in [0.2, 0.25) is 0 Å². The maximum Gasteiger partial charge on any atom is 0.246 e. The molecule has 6 rings (SSSR count). The van der Waals surface area contributed by atoms with Crippen LogP contribution in [0.15, 0.2) is 40.6 Å². The first-order valence-corrected chi connectivity index (χ1v) is 26.3. The highest BCUT2D eigenvalue weighted by atomic mass is 32.1. The van der Waals surface area contributed by atoms with Crippen molar-refractivity contribution in [1.29, 1.82) is 0 Å². The lowest BCUT2D eigenvalue weighted by atomic mass is 9.85. The van der Waals surface area contributed by atoms with Crippen molar-refractivity contribution in [2.24, 2.45) is 5.41 Å². The first-order chi connectivity index (χ1) is 36.3. The molecule has 1 unspecified atom stereocenters. The van der Waals surface area contributed by atoms with E-state index in [9.17, 15) is 29.4 Å². The van der Waals surface area contributed by atoms with E-state index in [-0.39, 0.29) is 69.3 Å². The number of β-amino-alcohol motifs (C(OH)–C–C–N with tert-alkyl or cyclic N) is 1. The van der Waals surface area contributed by atoms with Crippen LogP contribution in [0, 0.1) is 24.2 Å². The standard InChI is InChI=1S/C52H72N12O11S/c1-8-63-44-39(29-56-37(16-17-52(6,7)70)42(44)60-48(63)43-47(53)62-75-61-43)74-21-10-19-54-18-9-11-40(66)55-20-22-71-23-24-72-25-26-73-31-41(67)59-46(51(3,4)5)50(69)64-30-36(65)27-38(64)49(68)57-28-34-12-14-35(15-13-34)45-33(2)58-32-76-45/h12-15,29,32,36,38,46,54,65,70H,8-11,18-28,30-31H2,1-7H3,(H2,53,62)(H,55,66)(H,57,68)(H,59,67)/t36-,38+,46?/m1/s1. The Bertz CT molecular complexity index is 2770. The molecule has 0 bridgehead atoms.